The van der Waals surface area contributed by atoms with Crippen LogP contribution in [0.25, 0.3) is 0 Å². The SMILES string of the molecule is C.C.CC1=CC2C(C1)C1CC(=O)C2(C)C1.CC1=CC2C(C1)C1CC(O)C2(C)C1.CC1=CCC2C3CC(=O)C(C)(C3)C12.CC1=CCC2C3CC(O)C(C)(C3)C12.[HH]. The molecule has 0 saturated heterocycles. The molecule has 12 rings (SSSR count). The molecular formula is C50H78O4. The summed E-state index contributed by atoms with van der Waals surface area (Å²) in [5.41, 5.74) is 6.64. The van der Waals surface area contributed by atoms with E-state index >= 15 is 0 Å². The van der Waals surface area contributed by atoms with Gasteiger partial charge < -0.3 is 10.2 Å². The van der Waals surface area contributed by atoms with E-state index in [9.17, 15) is 19.8 Å². The number of hydrogen-bond acceptors (Lipinski definition) is 4. The van der Waals surface area contributed by atoms with Crippen molar-refractivity contribution in [2.24, 2.45) is 92.7 Å². The Hall–Kier alpha value is -1.78. The van der Waals surface area contributed by atoms with Crippen LogP contribution in [0.4, 0.5) is 0 Å². The molecule has 0 radical (unpaired) electrons. The standard InChI is InChI=1S/C12H18O.C12H16O.C12H18O.C12H16O.2CH4.H2/c2*1-7-3-9-8-5-11(13)12(2,6-8)10(9)4-7;2*1-7-3-4-9-8-5-10(13)12(2,6-8)11(7)9;;;/h4,8-11,13H,3,5-6H2,1-2H3;4,8-10H,3,5-6H2,1-2H3;3,8-11,13H,4-6H2,1-2H3;3,8-9,11H,4-6H2,1-2H3;2*1H4;1H. The van der Waals surface area contributed by atoms with Crippen molar-refractivity contribution >= 4 is 11.6 Å². The first-order chi connectivity index (χ1) is 24.5. The highest BCUT2D eigenvalue weighted by Crippen LogP contribution is 2.67. The van der Waals surface area contributed by atoms with Crippen LogP contribution in [-0.2, 0) is 9.59 Å². The summed E-state index contributed by atoms with van der Waals surface area (Å²) in [4.78, 5) is 23.6. The monoisotopic (exact) mass is 743 g/mol. The molecule has 0 aromatic carbocycles. The van der Waals surface area contributed by atoms with E-state index in [1.165, 1.54) is 62.5 Å². The molecule has 8 bridgehead atoms. The van der Waals surface area contributed by atoms with E-state index in [2.05, 4.69) is 79.7 Å². The van der Waals surface area contributed by atoms with Crippen LogP contribution in [0.3, 0.4) is 0 Å². The molecule has 18 unspecified atom stereocenters. The second kappa shape index (κ2) is 13.4. The van der Waals surface area contributed by atoms with Gasteiger partial charge >= 0.3 is 0 Å². The number of carbonyl (C=O) groups is 2. The highest BCUT2D eigenvalue weighted by atomic mass is 16.3. The maximum absolute atomic E-state index is 11.8. The van der Waals surface area contributed by atoms with Crippen molar-refractivity contribution in [3.8, 4) is 0 Å². The lowest BCUT2D eigenvalue weighted by Crippen LogP contribution is -2.37. The van der Waals surface area contributed by atoms with Crippen molar-refractivity contribution in [1.29, 1.82) is 0 Å². The Bertz CT molecular complexity index is 1680. The van der Waals surface area contributed by atoms with Gasteiger partial charge in [-0.2, -0.15) is 0 Å². The molecule has 18 atom stereocenters. The summed E-state index contributed by atoms with van der Waals surface area (Å²) < 4.78 is 0. The van der Waals surface area contributed by atoms with E-state index in [0.29, 0.717) is 35.2 Å². The van der Waals surface area contributed by atoms with Gasteiger partial charge in [0.05, 0.1) is 12.2 Å². The summed E-state index contributed by atoms with van der Waals surface area (Å²) in [6, 6.07) is 0. The van der Waals surface area contributed by atoms with Gasteiger partial charge in [-0.1, -0.05) is 89.1 Å². The zero-order valence-corrected chi connectivity index (χ0v) is 33.6. The lowest BCUT2D eigenvalue weighted by molar-refractivity contribution is -0.129. The normalized spacial score (nSPS) is 53.4. The van der Waals surface area contributed by atoms with Gasteiger partial charge in [0.1, 0.15) is 11.6 Å². The Kier molecular flexibility index (Phi) is 10.0. The summed E-state index contributed by atoms with van der Waals surface area (Å²) in [7, 11) is 0. The maximum atomic E-state index is 11.8. The van der Waals surface area contributed by atoms with E-state index in [-0.39, 0.29) is 50.1 Å². The largest absolute Gasteiger partial charge is 0.393 e. The van der Waals surface area contributed by atoms with Gasteiger partial charge in [0.25, 0.3) is 0 Å². The number of hydrogen-bond donors (Lipinski definition) is 2. The van der Waals surface area contributed by atoms with Crippen molar-refractivity contribution < 1.29 is 21.2 Å². The Morgan fingerprint density at radius 1 is 0.556 bits per heavy atom. The molecule has 0 aromatic heterocycles. The fraction of sp³-hybridized carbons (Fsp3) is 0.800. The van der Waals surface area contributed by atoms with Crippen LogP contribution in [-0.4, -0.2) is 34.0 Å². The average molecular weight is 743 g/mol. The first kappa shape index (κ1) is 40.4. The van der Waals surface area contributed by atoms with Crippen LogP contribution in [0.2, 0.25) is 0 Å². The third-order valence-corrected chi connectivity index (χ3v) is 19.1. The second-order valence-electron chi connectivity index (χ2n) is 21.9. The minimum absolute atomic E-state index is 0. The number of Topliss-reactive ketones (excluding diaryl/α,β-unsaturated/α-hetero) is 2. The molecule has 0 heterocycles. The maximum Gasteiger partial charge on any atom is 0.139 e. The fourth-order valence-corrected chi connectivity index (χ4v) is 16.7. The fourth-order valence-electron chi connectivity index (χ4n) is 16.7. The summed E-state index contributed by atoms with van der Waals surface area (Å²) in [6.07, 6.45) is 23.4. The van der Waals surface area contributed by atoms with Crippen molar-refractivity contribution in [3.63, 3.8) is 0 Å². The van der Waals surface area contributed by atoms with Gasteiger partial charge in [-0.05, 0) is 163 Å². The topological polar surface area (TPSA) is 74.6 Å². The lowest BCUT2D eigenvalue weighted by atomic mass is 9.69. The van der Waals surface area contributed by atoms with E-state index < -0.39 is 0 Å². The van der Waals surface area contributed by atoms with E-state index in [1.54, 1.807) is 11.1 Å². The van der Waals surface area contributed by atoms with Crippen molar-refractivity contribution in [3.05, 3.63) is 46.6 Å². The Morgan fingerprint density at radius 3 is 1.63 bits per heavy atom. The van der Waals surface area contributed by atoms with E-state index in [4.69, 9.17) is 0 Å². The van der Waals surface area contributed by atoms with Crippen LogP contribution in [0, 0.1) is 92.7 Å². The minimum Gasteiger partial charge on any atom is -0.393 e. The molecule has 12 aliphatic carbocycles. The first-order valence-corrected chi connectivity index (χ1v) is 21.6. The van der Waals surface area contributed by atoms with Gasteiger partial charge in [-0.3, -0.25) is 9.59 Å². The van der Waals surface area contributed by atoms with Gasteiger partial charge in [-0.25, -0.2) is 0 Å². The molecule has 4 nitrogen and oxygen atoms in total. The molecule has 4 heteroatoms. The van der Waals surface area contributed by atoms with Crippen LogP contribution in [0.15, 0.2) is 46.6 Å². The van der Waals surface area contributed by atoms with Crippen molar-refractivity contribution in [2.45, 2.75) is 160 Å². The third-order valence-electron chi connectivity index (χ3n) is 19.1. The molecular weight excluding hydrogens is 665 g/mol. The highest BCUT2D eigenvalue weighted by Gasteiger charge is 2.63. The number of aliphatic hydroxyl groups is 2. The van der Waals surface area contributed by atoms with Crippen LogP contribution >= 0.6 is 0 Å². The van der Waals surface area contributed by atoms with Crippen molar-refractivity contribution in [1.82, 2.24) is 0 Å². The zero-order chi connectivity index (χ0) is 36.9. The molecule has 0 aliphatic heterocycles. The van der Waals surface area contributed by atoms with E-state index in [0.717, 1.165) is 73.0 Å². The summed E-state index contributed by atoms with van der Waals surface area (Å²) in [6.45, 7) is 17.9. The molecule has 0 spiro atoms. The smallest absolute Gasteiger partial charge is 0.139 e. The van der Waals surface area contributed by atoms with E-state index in [1.807, 2.05) is 0 Å². The molecule has 2 N–H and O–H groups in total. The van der Waals surface area contributed by atoms with Crippen LogP contribution in [0.1, 0.15) is 149 Å². The zero-order valence-electron chi connectivity index (χ0n) is 33.6. The Balaban J connectivity index is 0.000000122. The number of rotatable bonds is 0. The van der Waals surface area contributed by atoms with Gasteiger partial charge in [0, 0.05) is 35.9 Å². The molecule has 54 heavy (non-hydrogen) atoms. The first-order valence-electron chi connectivity index (χ1n) is 21.6. The summed E-state index contributed by atoms with van der Waals surface area (Å²) in [5, 5.41) is 20.0. The predicted octanol–water partition coefficient (Wildman–Crippen LogP) is 11.4. The minimum atomic E-state index is -0.0276. The molecule has 12 aliphatic rings. The molecule has 8 saturated carbocycles. The molecule has 302 valence electrons. The third kappa shape index (κ3) is 5.54. The number of aliphatic hydroxyl groups excluding tert-OH is 2. The lowest BCUT2D eigenvalue weighted by Gasteiger charge is -2.38. The number of carbonyl (C=O) groups excluding carboxylic acids is 2. The molecule has 8 fully saturated rings. The predicted molar refractivity (Wildman–Crippen MR) is 222 cm³/mol. The quantitative estimate of drug-likeness (QED) is 0.242. The second-order valence-corrected chi connectivity index (χ2v) is 21.9. The van der Waals surface area contributed by atoms with Gasteiger partial charge in [0.2, 0.25) is 0 Å². The van der Waals surface area contributed by atoms with Crippen molar-refractivity contribution in [2.75, 3.05) is 0 Å². The number of allylic oxidation sites excluding steroid dienone is 8. The van der Waals surface area contributed by atoms with Crippen LogP contribution < -0.4 is 0 Å². The Morgan fingerprint density at radius 2 is 1.00 bits per heavy atom. The number of ketones is 2. The highest BCUT2D eigenvalue weighted by molar-refractivity contribution is 5.89. The molecule has 0 aromatic rings. The van der Waals surface area contributed by atoms with Gasteiger partial charge in [0.15, 0.2) is 0 Å². The Labute approximate surface area is 330 Å². The summed E-state index contributed by atoms with van der Waals surface area (Å²) >= 11 is 0. The van der Waals surface area contributed by atoms with Gasteiger partial charge in [-0.15, -0.1) is 0 Å². The summed E-state index contributed by atoms with van der Waals surface area (Å²) in [5.74, 6) is 10.2. The average Bonchev–Trinajstić information content (AvgIpc) is 3.91. The van der Waals surface area contributed by atoms with Crippen LogP contribution in [0.5, 0.6) is 0 Å². The number of fused-ring (bicyclic) bond motifs is 20. The molecule has 0 amide bonds.